The Labute approximate surface area is 193 Å². The maximum Gasteiger partial charge on any atom is 0.290 e. The van der Waals surface area contributed by atoms with Gasteiger partial charge in [-0.1, -0.05) is 62.2 Å². The number of benzene rings is 2. The lowest BCUT2D eigenvalue weighted by Crippen LogP contribution is -2.30. The number of amides is 1. The zero-order chi connectivity index (χ0) is 23.2. The summed E-state index contributed by atoms with van der Waals surface area (Å²) in [6, 6.07) is 19.2. The Hall–Kier alpha value is -3.80. The van der Waals surface area contributed by atoms with Crippen LogP contribution >= 0.6 is 0 Å². The van der Waals surface area contributed by atoms with Crippen molar-refractivity contribution in [3.63, 3.8) is 0 Å². The Balaban J connectivity index is 1.70. The number of hydrogen-bond acceptors (Lipinski definition) is 5. The van der Waals surface area contributed by atoms with Gasteiger partial charge in [0.25, 0.3) is 5.91 Å². The van der Waals surface area contributed by atoms with Crippen LogP contribution in [-0.2, 0) is 11.3 Å². The first-order chi connectivity index (χ1) is 16.1. The first-order valence-corrected chi connectivity index (χ1v) is 11.2. The number of hydrogen-bond donors (Lipinski definition) is 1. The fourth-order valence-corrected chi connectivity index (χ4v) is 4.03. The van der Waals surface area contributed by atoms with E-state index in [1.165, 1.54) is 17.2 Å². The summed E-state index contributed by atoms with van der Waals surface area (Å²) in [7, 11) is 0. The number of ether oxygens (including phenoxy) is 1. The largest absolute Gasteiger partial charge is 0.503 e. The van der Waals surface area contributed by atoms with Crippen molar-refractivity contribution >= 4 is 11.7 Å². The molecule has 4 rings (SSSR count). The van der Waals surface area contributed by atoms with Gasteiger partial charge >= 0.3 is 0 Å². The third-order valence-electron chi connectivity index (χ3n) is 5.68. The number of aliphatic hydroxyl groups is 1. The molecule has 6 heteroatoms. The van der Waals surface area contributed by atoms with Gasteiger partial charge in [-0.25, -0.2) is 0 Å². The maximum atomic E-state index is 13.3. The van der Waals surface area contributed by atoms with E-state index in [2.05, 4.69) is 6.92 Å². The smallest absolute Gasteiger partial charge is 0.290 e. The van der Waals surface area contributed by atoms with Crippen molar-refractivity contribution < 1.29 is 23.8 Å². The Morgan fingerprint density at radius 2 is 1.88 bits per heavy atom. The fourth-order valence-electron chi connectivity index (χ4n) is 4.03. The predicted molar refractivity (Wildman–Crippen MR) is 124 cm³/mol. The third kappa shape index (κ3) is 4.85. The SMILES string of the molecule is CCCCCOc1cccc(C2C(C(=O)c3ccco3)=C(O)C(=O)N2Cc2ccccc2)c1. The molecule has 0 radical (unpaired) electrons. The van der Waals surface area contributed by atoms with Crippen molar-refractivity contribution in [2.45, 2.75) is 38.8 Å². The molecule has 0 saturated heterocycles. The van der Waals surface area contributed by atoms with Crippen molar-refractivity contribution in [2.75, 3.05) is 6.61 Å². The monoisotopic (exact) mass is 445 g/mol. The number of unbranched alkanes of at least 4 members (excludes halogenated alkanes) is 2. The van der Waals surface area contributed by atoms with E-state index in [4.69, 9.17) is 9.15 Å². The minimum atomic E-state index is -0.769. The summed E-state index contributed by atoms with van der Waals surface area (Å²) in [6.45, 7) is 2.97. The van der Waals surface area contributed by atoms with Gasteiger partial charge in [-0.05, 0) is 41.8 Å². The lowest BCUT2D eigenvalue weighted by atomic mass is 9.94. The number of nitrogens with zero attached hydrogens (tertiary/aromatic N) is 1. The van der Waals surface area contributed by atoms with Crippen molar-refractivity contribution in [3.8, 4) is 5.75 Å². The highest BCUT2D eigenvalue weighted by atomic mass is 16.5. The summed E-state index contributed by atoms with van der Waals surface area (Å²) >= 11 is 0. The van der Waals surface area contributed by atoms with Gasteiger partial charge in [0.2, 0.25) is 5.78 Å². The van der Waals surface area contributed by atoms with Crippen LogP contribution in [0.4, 0.5) is 0 Å². The number of ketones is 1. The quantitative estimate of drug-likeness (QED) is 0.323. The lowest BCUT2D eigenvalue weighted by Gasteiger charge is -2.27. The molecule has 33 heavy (non-hydrogen) atoms. The van der Waals surface area contributed by atoms with Gasteiger partial charge < -0.3 is 19.2 Å². The van der Waals surface area contributed by atoms with Crippen molar-refractivity contribution in [3.05, 3.63) is 101 Å². The Bertz CT molecular complexity index is 1130. The second kappa shape index (κ2) is 10.2. The van der Waals surface area contributed by atoms with E-state index in [1.54, 1.807) is 6.07 Å². The molecule has 0 bridgehead atoms. The molecule has 0 aliphatic carbocycles. The molecule has 2 heterocycles. The topological polar surface area (TPSA) is 80.0 Å². The van der Waals surface area contributed by atoms with E-state index in [9.17, 15) is 14.7 Å². The molecule has 1 aromatic heterocycles. The summed E-state index contributed by atoms with van der Waals surface area (Å²) in [5, 5.41) is 10.8. The molecular formula is C27H27NO5. The van der Waals surface area contributed by atoms with Crippen LogP contribution in [0.2, 0.25) is 0 Å². The van der Waals surface area contributed by atoms with Crippen LogP contribution in [0.15, 0.2) is 88.7 Å². The van der Waals surface area contributed by atoms with Gasteiger partial charge in [0, 0.05) is 6.54 Å². The second-order valence-corrected chi connectivity index (χ2v) is 8.02. The van der Waals surface area contributed by atoms with E-state index in [1.807, 2.05) is 54.6 Å². The molecule has 2 aromatic carbocycles. The molecule has 1 unspecified atom stereocenters. The number of rotatable bonds is 10. The van der Waals surface area contributed by atoms with E-state index in [-0.39, 0.29) is 17.9 Å². The number of carbonyl (C=O) groups excluding carboxylic acids is 2. The van der Waals surface area contributed by atoms with Crippen LogP contribution < -0.4 is 4.74 Å². The number of Topliss-reactive ketones (excluding diaryl/α,β-unsaturated/α-hetero) is 1. The highest BCUT2D eigenvalue weighted by Gasteiger charge is 2.44. The molecule has 3 aromatic rings. The van der Waals surface area contributed by atoms with Crippen molar-refractivity contribution in [2.24, 2.45) is 0 Å². The third-order valence-corrected chi connectivity index (χ3v) is 5.68. The van der Waals surface area contributed by atoms with Crippen LogP contribution in [0, 0.1) is 0 Å². The molecule has 170 valence electrons. The van der Waals surface area contributed by atoms with Gasteiger partial charge in [0.1, 0.15) is 5.75 Å². The highest BCUT2D eigenvalue weighted by molar-refractivity contribution is 6.15. The maximum absolute atomic E-state index is 13.3. The standard InChI is InChI=1S/C27H27NO5/c1-2-3-7-15-32-21-13-8-12-20(17-21)24-23(25(29)22-14-9-16-33-22)26(30)27(31)28(24)18-19-10-5-4-6-11-19/h4-6,8-14,16-17,24,30H,2-3,7,15,18H2,1H3. The summed E-state index contributed by atoms with van der Waals surface area (Å²) in [4.78, 5) is 27.9. The molecule has 1 atom stereocenters. The lowest BCUT2D eigenvalue weighted by molar-refractivity contribution is -0.130. The van der Waals surface area contributed by atoms with Gasteiger partial charge in [0.05, 0.1) is 24.5 Å². The van der Waals surface area contributed by atoms with Gasteiger partial charge in [-0.3, -0.25) is 9.59 Å². The molecule has 1 N–H and O–H groups in total. The number of furan rings is 1. The molecule has 0 saturated carbocycles. The molecule has 6 nitrogen and oxygen atoms in total. The summed E-state index contributed by atoms with van der Waals surface area (Å²) in [6.07, 6.45) is 4.53. The first kappa shape index (κ1) is 22.4. The van der Waals surface area contributed by atoms with Crippen molar-refractivity contribution in [1.29, 1.82) is 0 Å². The molecule has 0 spiro atoms. The van der Waals surface area contributed by atoms with Crippen molar-refractivity contribution in [1.82, 2.24) is 4.90 Å². The Morgan fingerprint density at radius 1 is 1.06 bits per heavy atom. The molecule has 1 aliphatic heterocycles. The van der Waals surface area contributed by atoms with E-state index in [0.717, 1.165) is 24.8 Å². The number of carbonyl (C=O) groups is 2. The molecular weight excluding hydrogens is 418 g/mol. The average Bonchev–Trinajstić information content (AvgIpc) is 3.46. The van der Waals surface area contributed by atoms with Crippen LogP contribution in [-0.4, -0.2) is 28.3 Å². The summed E-state index contributed by atoms with van der Waals surface area (Å²) < 4.78 is 11.2. The van der Waals surface area contributed by atoms with Gasteiger partial charge in [0.15, 0.2) is 11.5 Å². The van der Waals surface area contributed by atoms with Gasteiger partial charge in [-0.2, -0.15) is 0 Å². The minimum Gasteiger partial charge on any atom is -0.503 e. The summed E-state index contributed by atoms with van der Waals surface area (Å²) in [5.41, 5.74) is 1.59. The van der Waals surface area contributed by atoms with E-state index < -0.39 is 23.5 Å². The highest BCUT2D eigenvalue weighted by Crippen LogP contribution is 2.40. The molecule has 0 fully saturated rings. The van der Waals surface area contributed by atoms with Crippen LogP contribution in [0.25, 0.3) is 0 Å². The fraction of sp³-hybridized carbons (Fsp3) is 0.259. The van der Waals surface area contributed by atoms with Crippen LogP contribution in [0.5, 0.6) is 5.75 Å². The van der Waals surface area contributed by atoms with Crippen LogP contribution in [0.3, 0.4) is 0 Å². The number of aliphatic hydroxyl groups excluding tert-OH is 1. The normalized spacial score (nSPS) is 15.8. The van der Waals surface area contributed by atoms with Crippen LogP contribution in [0.1, 0.15) is 53.9 Å². The van der Waals surface area contributed by atoms with E-state index in [0.29, 0.717) is 17.9 Å². The summed E-state index contributed by atoms with van der Waals surface area (Å²) in [5.74, 6) is -0.921. The Morgan fingerprint density at radius 3 is 2.61 bits per heavy atom. The minimum absolute atomic E-state index is 0.00835. The average molecular weight is 446 g/mol. The second-order valence-electron chi connectivity index (χ2n) is 8.02. The Kier molecular flexibility index (Phi) is 6.93. The zero-order valence-corrected chi connectivity index (χ0v) is 18.6. The molecule has 1 aliphatic rings. The molecule has 1 amide bonds. The van der Waals surface area contributed by atoms with Gasteiger partial charge in [-0.15, -0.1) is 0 Å². The predicted octanol–water partition coefficient (Wildman–Crippen LogP) is 5.63. The van der Waals surface area contributed by atoms with E-state index >= 15 is 0 Å². The zero-order valence-electron chi connectivity index (χ0n) is 18.6. The first-order valence-electron chi connectivity index (χ1n) is 11.2.